The molecule has 2 N–H and O–H groups in total. The van der Waals surface area contributed by atoms with Crippen LogP contribution in [0.2, 0.25) is 0 Å². The fraction of sp³-hybridized carbons (Fsp3) is 0.300. The molecule has 80 valence electrons. The first-order valence-electron chi connectivity index (χ1n) is 4.62. The highest BCUT2D eigenvalue weighted by Crippen LogP contribution is 2.20. The standard InChI is InChI=1S/C10H12IN3S/c1-15-5-4-14-9-3-2-7(11)6-8(9)13-10(14)12/h2-3,6H,4-5H2,1H3,(H2,12,13). The van der Waals surface area contributed by atoms with Crippen molar-refractivity contribution in [2.45, 2.75) is 6.54 Å². The maximum absolute atomic E-state index is 5.88. The molecule has 1 heterocycles. The van der Waals surface area contributed by atoms with Crippen LogP contribution in [0.4, 0.5) is 5.95 Å². The molecule has 0 saturated carbocycles. The van der Waals surface area contributed by atoms with Gasteiger partial charge in [-0.15, -0.1) is 0 Å². The van der Waals surface area contributed by atoms with Crippen LogP contribution in [0.3, 0.4) is 0 Å². The molecule has 1 aromatic carbocycles. The fourth-order valence-electron chi connectivity index (χ4n) is 1.54. The second-order valence-corrected chi connectivity index (χ2v) is 5.48. The molecule has 0 unspecified atom stereocenters. The summed E-state index contributed by atoms with van der Waals surface area (Å²) in [5.74, 6) is 1.67. The van der Waals surface area contributed by atoms with Crippen molar-refractivity contribution in [2.24, 2.45) is 0 Å². The van der Waals surface area contributed by atoms with Gasteiger partial charge < -0.3 is 10.3 Å². The van der Waals surface area contributed by atoms with Gasteiger partial charge in [-0.2, -0.15) is 11.8 Å². The van der Waals surface area contributed by atoms with Crippen molar-refractivity contribution in [3.8, 4) is 0 Å². The normalized spacial score (nSPS) is 11.1. The summed E-state index contributed by atoms with van der Waals surface area (Å²) in [6.45, 7) is 0.921. The number of halogens is 1. The van der Waals surface area contributed by atoms with Crippen LogP contribution in [-0.2, 0) is 6.54 Å². The highest BCUT2D eigenvalue weighted by Gasteiger charge is 2.07. The number of aromatic nitrogens is 2. The van der Waals surface area contributed by atoms with Crippen LogP contribution in [0.1, 0.15) is 0 Å². The molecule has 0 fully saturated rings. The van der Waals surface area contributed by atoms with E-state index in [0.29, 0.717) is 5.95 Å². The van der Waals surface area contributed by atoms with Crippen LogP contribution in [0.25, 0.3) is 11.0 Å². The zero-order chi connectivity index (χ0) is 10.8. The largest absolute Gasteiger partial charge is 0.369 e. The van der Waals surface area contributed by atoms with Gasteiger partial charge >= 0.3 is 0 Å². The quantitative estimate of drug-likeness (QED) is 0.878. The number of hydrogen-bond acceptors (Lipinski definition) is 3. The first kappa shape index (κ1) is 11.1. The minimum absolute atomic E-state index is 0.612. The molecule has 0 spiro atoms. The summed E-state index contributed by atoms with van der Waals surface area (Å²) < 4.78 is 3.26. The number of benzene rings is 1. The number of fused-ring (bicyclic) bond motifs is 1. The predicted molar refractivity (Wildman–Crippen MR) is 75.2 cm³/mol. The Morgan fingerprint density at radius 2 is 2.33 bits per heavy atom. The van der Waals surface area contributed by atoms with Crippen molar-refractivity contribution in [1.82, 2.24) is 9.55 Å². The minimum atomic E-state index is 0.612. The molecular formula is C10H12IN3S. The van der Waals surface area contributed by atoms with Crippen molar-refractivity contribution in [3.63, 3.8) is 0 Å². The highest BCUT2D eigenvalue weighted by molar-refractivity contribution is 14.1. The number of nitrogens with two attached hydrogens (primary N) is 1. The molecule has 2 aromatic rings. The van der Waals surface area contributed by atoms with Crippen molar-refractivity contribution < 1.29 is 0 Å². The highest BCUT2D eigenvalue weighted by atomic mass is 127. The van der Waals surface area contributed by atoms with Crippen LogP contribution in [-0.4, -0.2) is 21.6 Å². The van der Waals surface area contributed by atoms with E-state index >= 15 is 0 Å². The van der Waals surface area contributed by atoms with E-state index in [4.69, 9.17) is 5.73 Å². The molecule has 0 atom stereocenters. The number of hydrogen-bond donors (Lipinski definition) is 1. The Morgan fingerprint density at radius 1 is 1.53 bits per heavy atom. The average Bonchev–Trinajstić information content (AvgIpc) is 2.50. The van der Waals surface area contributed by atoms with E-state index in [1.54, 1.807) is 0 Å². The Balaban J connectivity index is 2.48. The third-order valence-electron chi connectivity index (χ3n) is 2.26. The lowest BCUT2D eigenvalue weighted by molar-refractivity contribution is 0.810. The van der Waals surface area contributed by atoms with Gasteiger partial charge in [0.1, 0.15) is 0 Å². The molecule has 3 nitrogen and oxygen atoms in total. The summed E-state index contributed by atoms with van der Waals surface area (Å²) in [4.78, 5) is 4.35. The Kier molecular flexibility index (Phi) is 3.40. The van der Waals surface area contributed by atoms with Gasteiger partial charge in [0.05, 0.1) is 11.0 Å². The maximum Gasteiger partial charge on any atom is 0.201 e. The molecule has 5 heteroatoms. The van der Waals surface area contributed by atoms with E-state index in [9.17, 15) is 0 Å². The number of nitrogens with zero attached hydrogens (tertiary/aromatic N) is 2. The maximum atomic E-state index is 5.88. The first-order valence-corrected chi connectivity index (χ1v) is 7.10. The van der Waals surface area contributed by atoms with Crippen LogP contribution in [0.15, 0.2) is 18.2 Å². The lowest BCUT2D eigenvalue weighted by atomic mass is 10.3. The van der Waals surface area contributed by atoms with E-state index in [-0.39, 0.29) is 0 Å². The molecule has 0 radical (unpaired) electrons. The second kappa shape index (κ2) is 4.61. The fourth-order valence-corrected chi connectivity index (χ4v) is 2.38. The SMILES string of the molecule is CSCCn1c(N)nc2cc(I)ccc21. The van der Waals surface area contributed by atoms with Crippen molar-refractivity contribution in [2.75, 3.05) is 17.7 Å². The van der Waals surface area contributed by atoms with Crippen LogP contribution < -0.4 is 5.73 Å². The third kappa shape index (κ3) is 2.23. The number of anilines is 1. The van der Waals surface area contributed by atoms with Crippen molar-refractivity contribution in [1.29, 1.82) is 0 Å². The van der Waals surface area contributed by atoms with E-state index in [1.807, 2.05) is 11.8 Å². The molecule has 0 aliphatic carbocycles. The number of thioether (sulfide) groups is 1. The number of rotatable bonds is 3. The van der Waals surface area contributed by atoms with Gasteiger partial charge in [0.15, 0.2) is 0 Å². The lowest BCUT2D eigenvalue weighted by Crippen LogP contribution is -2.04. The zero-order valence-corrected chi connectivity index (χ0v) is 11.4. The van der Waals surface area contributed by atoms with Crippen LogP contribution in [0.5, 0.6) is 0 Å². The summed E-state index contributed by atoms with van der Waals surface area (Å²) in [6.07, 6.45) is 2.10. The summed E-state index contributed by atoms with van der Waals surface area (Å²) in [5, 5.41) is 0. The smallest absolute Gasteiger partial charge is 0.201 e. The van der Waals surface area contributed by atoms with Crippen LogP contribution in [0, 0.1) is 3.57 Å². The van der Waals surface area contributed by atoms with E-state index in [2.05, 4.69) is 56.6 Å². The third-order valence-corrected chi connectivity index (χ3v) is 3.52. The van der Waals surface area contributed by atoms with Crippen molar-refractivity contribution in [3.05, 3.63) is 21.8 Å². The monoisotopic (exact) mass is 333 g/mol. The number of imidazole rings is 1. The average molecular weight is 333 g/mol. The Bertz CT molecular complexity index is 481. The van der Waals surface area contributed by atoms with E-state index in [0.717, 1.165) is 23.3 Å². The number of aryl methyl sites for hydroxylation is 1. The van der Waals surface area contributed by atoms with Gasteiger partial charge in [-0.05, 0) is 47.0 Å². The van der Waals surface area contributed by atoms with E-state index in [1.165, 1.54) is 3.57 Å². The molecule has 0 saturated heterocycles. The van der Waals surface area contributed by atoms with Crippen LogP contribution >= 0.6 is 34.4 Å². The van der Waals surface area contributed by atoms with Gasteiger partial charge in [0, 0.05) is 15.9 Å². The first-order chi connectivity index (χ1) is 7.22. The molecule has 15 heavy (non-hydrogen) atoms. The summed E-state index contributed by atoms with van der Waals surface area (Å²) in [6, 6.07) is 6.22. The Labute approximate surface area is 107 Å². The molecule has 0 bridgehead atoms. The Morgan fingerprint density at radius 3 is 3.07 bits per heavy atom. The second-order valence-electron chi connectivity index (χ2n) is 3.25. The number of nitrogen functional groups attached to an aromatic ring is 1. The van der Waals surface area contributed by atoms with Gasteiger partial charge in [-0.3, -0.25) is 0 Å². The Hall–Kier alpha value is -0.430. The topological polar surface area (TPSA) is 43.8 Å². The predicted octanol–water partition coefficient (Wildman–Crippen LogP) is 2.59. The minimum Gasteiger partial charge on any atom is -0.369 e. The van der Waals surface area contributed by atoms with E-state index < -0.39 is 0 Å². The van der Waals surface area contributed by atoms with Gasteiger partial charge in [0.2, 0.25) is 5.95 Å². The van der Waals surface area contributed by atoms with Gasteiger partial charge in [-0.1, -0.05) is 0 Å². The van der Waals surface area contributed by atoms with Gasteiger partial charge in [0.25, 0.3) is 0 Å². The lowest BCUT2D eigenvalue weighted by Gasteiger charge is -2.04. The molecule has 0 aliphatic heterocycles. The summed E-state index contributed by atoms with van der Waals surface area (Å²) in [5.41, 5.74) is 8.00. The van der Waals surface area contributed by atoms with Crippen molar-refractivity contribution >= 4 is 51.3 Å². The molecule has 0 amide bonds. The summed E-state index contributed by atoms with van der Waals surface area (Å²) >= 11 is 4.10. The molecule has 1 aromatic heterocycles. The molecule has 2 rings (SSSR count). The van der Waals surface area contributed by atoms with Gasteiger partial charge in [-0.25, -0.2) is 4.98 Å². The molecule has 0 aliphatic rings. The zero-order valence-electron chi connectivity index (χ0n) is 8.40. The summed E-state index contributed by atoms with van der Waals surface area (Å²) in [7, 11) is 0. The molecular weight excluding hydrogens is 321 g/mol.